The number of pyridine rings is 1. The van der Waals surface area contributed by atoms with Crippen molar-refractivity contribution >= 4 is 0 Å². The molecule has 8 heteroatoms. The molecule has 4 rings (SSSR count). The minimum absolute atomic E-state index is 0.0793. The number of rotatable bonds is 9. The van der Waals surface area contributed by atoms with E-state index in [1.165, 1.54) is 0 Å². The Balaban J connectivity index is 1.31. The molecule has 0 spiro atoms. The Labute approximate surface area is 194 Å². The van der Waals surface area contributed by atoms with Crippen LogP contribution in [0.4, 0.5) is 0 Å². The van der Waals surface area contributed by atoms with Gasteiger partial charge >= 0.3 is 0 Å². The van der Waals surface area contributed by atoms with Crippen LogP contribution in [0, 0.1) is 24.2 Å². The van der Waals surface area contributed by atoms with Gasteiger partial charge in [-0.1, -0.05) is 6.07 Å². The van der Waals surface area contributed by atoms with E-state index in [2.05, 4.69) is 16.4 Å². The van der Waals surface area contributed by atoms with E-state index in [0.29, 0.717) is 29.7 Å². The molecule has 2 aliphatic rings. The summed E-state index contributed by atoms with van der Waals surface area (Å²) >= 11 is 0. The molecule has 8 nitrogen and oxygen atoms in total. The van der Waals surface area contributed by atoms with Gasteiger partial charge in [-0.2, -0.15) is 5.26 Å². The lowest BCUT2D eigenvalue weighted by Gasteiger charge is -2.20. The van der Waals surface area contributed by atoms with Gasteiger partial charge in [-0.3, -0.25) is 10.3 Å². The van der Waals surface area contributed by atoms with Gasteiger partial charge in [0.1, 0.15) is 6.04 Å². The van der Waals surface area contributed by atoms with Crippen molar-refractivity contribution in [2.75, 3.05) is 27.9 Å². The molecule has 2 aliphatic heterocycles. The van der Waals surface area contributed by atoms with Crippen molar-refractivity contribution in [3.8, 4) is 23.3 Å². The first-order chi connectivity index (χ1) is 16.1. The number of nitrogens with zero attached hydrogens (tertiary/aromatic N) is 2. The number of nitriles is 1. The molecule has 2 aromatic rings. The molecule has 1 aromatic carbocycles. The molecule has 2 saturated heterocycles. The smallest absolute Gasteiger partial charge is 0.203 e. The molecule has 0 bridgehead atoms. The van der Waals surface area contributed by atoms with Crippen LogP contribution in [-0.4, -0.2) is 45.3 Å². The third-order valence-corrected chi connectivity index (χ3v) is 6.45. The Kier molecular flexibility index (Phi) is 7.33. The normalized spacial score (nSPS) is 24.7. The number of ether oxygens (including phenoxy) is 5. The summed E-state index contributed by atoms with van der Waals surface area (Å²) in [6.45, 7) is 2.61. The van der Waals surface area contributed by atoms with E-state index in [4.69, 9.17) is 23.7 Å². The second-order valence-corrected chi connectivity index (χ2v) is 8.42. The minimum Gasteiger partial charge on any atom is -0.493 e. The van der Waals surface area contributed by atoms with E-state index in [9.17, 15) is 5.26 Å². The fraction of sp³-hybridized carbons (Fsp3) is 0.520. The van der Waals surface area contributed by atoms with E-state index in [1.807, 2.05) is 31.2 Å². The maximum Gasteiger partial charge on any atom is 0.203 e. The third-order valence-electron chi connectivity index (χ3n) is 6.45. The predicted octanol–water partition coefficient (Wildman–Crippen LogP) is 3.85. The number of hydrogen-bond donors (Lipinski definition) is 1. The Morgan fingerprint density at radius 3 is 2.52 bits per heavy atom. The highest BCUT2D eigenvalue weighted by Crippen LogP contribution is 2.48. The summed E-state index contributed by atoms with van der Waals surface area (Å²) in [5.74, 6) is 2.15. The average Bonchev–Trinajstić information content (AvgIpc) is 3.40. The van der Waals surface area contributed by atoms with Crippen LogP contribution in [0.15, 0.2) is 30.5 Å². The van der Waals surface area contributed by atoms with E-state index >= 15 is 0 Å². The zero-order valence-corrected chi connectivity index (χ0v) is 19.5. The predicted molar refractivity (Wildman–Crippen MR) is 121 cm³/mol. The summed E-state index contributed by atoms with van der Waals surface area (Å²) in [6, 6.07) is 9.64. The SMILES string of the molecule is COc1cc(C2CC3CC(CCNC(C#N)c4cccnc4C)OC3O2)cc(OC)c1OC. The summed E-state index contributed by atoms with van der Waals surface area (Å²) in [5.41, 5.74) is 2.78. The van der Waals surface area contributed by atoms with E-state index in [-0.39, 0.29) is 24.5 Å². The topological polar surface area (TPSA) is 94.9 Å². The highest BCUT2D eigenvalue weighted by atomic mass is 16.7. The summed E-state index contributed by atoms with van der Waals surface area (Å²) in [5, 5.41) is 12.9. The maximum absolute atomic E-state index is 9.56. The zero-order chi connectivity index (χ0) is 23.4. The van der Waals surface area contributed by atoms with Crippen molar-refractivity contribution in [3.63, 3.8) is 0 Å². The van der Waals surface area contributed by atoms with Crippen molar-refractivity contribution in [2.24, 2.45) is 5.92 Å². The van der Waals surface area contributed by atoms with Crippen molar-refractivity contribution in [2.45, 2.75) is 50.7 Å². The summed E-state index contributed by atoms with van der Waals surface area (Å²) in [6.07, 6.45) is 4.20. The van der Waals surface area contributed by atoms with Gasteiger partial charge in [-0.05, 0) is 56.5 Å². The summed E-state index contributed by atoms with van der Waals surface area (Å²) in [7, 11) is 4.81. The van der Waals surface area contributed by atoms with Crippen LogP contribution in [0.3, 0.4) is 0 Å². The van der Waals surface area contributed by atoms with E-state index in [0.717, 1.165) is 36.1 Å². The number of nitrogens with one attached hydrogen (secondary N) is 1. The van der Waals surface area contributed by atoms with Crippen LogP contribution in [0.2, 0.25) is 0 Å². The van der Waals surface area contributed by atoms with Crippen molar-refractivity contribution in [1.29, 1.82) is 5.26 Å². The monoisotopic (exact) mass is 453 g/mol. The largest absolute Gasteiger partial charge is 0.493 e. The molecule has 0 saturated carbocycles. The summed E-state index contributed by atoms with van der Waals surface area (Å²) in [4.78, 5) is 4.28. The van der Waals surface area contributed by atoms with Crippen LogP contribution in [-0.2, 0) is 9.47 Å². The average molecular weight is 454 g/mol. The van der Waals surface area contributed by atoms with Gasteiger partial charge in [0.25, 0.3) is 0 Å². The first-order valence-corrected chi connectivity index (χ1v) is 11.2. The number of fused-ring (bicyclic) bond motifs is 1. The van der Waals surface area contributed by atoms with Gasteiger partial charge < -0.3 is 23.7 Å². The first kappa shape index (κ1) is 23.3. The molecule has 1 aromatic heterocycles. The molecule has 33 heavy (non-hydrogen) atoms. The van der Waals surface area contributed by atoms with Crippen molar-refractivity contribution in [1.82, 2.24) is 10.3 Å². The lowest BCUT2D eigenvalue weighted by atomic mass is 9.95. The second kappa shape index (κ2) is 10.4. The van der Waals surface area contributed by atoms with Gasteiger partial charge in [0.15, 0.2) is 17.8 Å². The van der Waals surface area contributed by atoms with Crippen LogP contribution < -0.4 is 19.5 Å². The fourth-order valence-corrected chi connectivity index (χ4v) is 4.75. The highest BCUT2D eigenvalue weighted by Gasteiger charge is 2.44. The summed E-state index contributed by atoms with van der Waals surface area (Å²) < 4.78 is 28.8. The molecule has 5 atom stereocenters. The van der Waals surface area contributed by atoms with Gasteiger partial charge in [0.05, 0.1) is 39.6 Å². The minimum atomic E-state index is -0.375. The van der Waals surface area contributed by atoms with Crippen molar-refractivity contribution in [3.05, 3.63) is 47.3 Å². The Morgan fingerprint density at radius 2 is 1.91 bits per heavy atom. The quantitative estimate of drug-likeness (QED) is 0.612. The first-order valence-electron chi connectivity index (χ1n) is 11.2. The molecule has 0 aliphatic carbocycles. The van der Waals surface area contributed by atoms with Gasteiger partial charge in [0.2, 0.25) is 5.75 Å². The van der Waals surface area contributed by atoms with Crippen molar-refractivity contribution < 1.29 is 23.7 Å². The molecular formula is C25H31N3O5. The lowest BCUT2D eigenvalue weighted by molar-refractivity contribution is -0.140. The molecule has 0 amide bonds. The number of methoxy groups -OCH3 is 3. The number of hydrogen-bond acceptors (Lipinski definition) is 8. The van der Waals surface area contributed by atoms with Gasteiger partial charge in [0, 0.05) is 23.4 Å². The second-order valence-electron chi connectivity index (χ2n) is 8.42. The van der Waals surface area contributed by atoms with E-state index in [1.54, 1.807) is 27.5 Å². The number of benzene rings is 1. The molecule has 3 heterocycles. The zero-order valence-electron chi connectivity index (χ0n) is 19.5. The van der Waals surface area contributed by atoms with E-state index < -0.39 is 0 Å². The van der Waals surface area contributed by atoms with Crippen LogP contribution in [0.25, 0.3) is 0 Å². The molecule has 5 unspecified atom stereocenters. The van der Waals surface area contributed by atoms with Gasteiger partial charge in [-0.25, -0.2) is 0 Å². The molecule has 1 N–H and O–H groups in total. The maximum atomic E-state index is 9.56. The Morgan fingerprint density at radius 1 is 1.15 bits per heavy atom. The number of aromatic nitrogens is 1. The van der Waals surface area contributed by atoms with Gasteiger partial charge in [-0.15, -0.1) is 0 Å². The van der Waals surface area contributed by atoms with Crippen LogP contribution in [0.5, 0.6) is 17.2 Å². The van der Waals surface area contributed by atoms with Crippen LogP contribution >= 0.6 is 0 Å². The standard InChI is InChI=1S/C25H31N3O5/c1-15-19(6-5-8-27-15)20(14-26)28-9-7-18-10-17-13-21(33-25(17)32-18)16-11-22(29-2)24(31-4)23(12-16)30-3/h5-6,8,11-12,17-18,20-21,25,28H,7,9-10,13H2,1-4H3. The lowest BCUT2D eigenvalue weighted by Crippen LogP contribution is -2.25. The molecular weight excluding hydrogens is 422 g/mol. The highest BCUT2D eigenvalue weighted by molar-refractivity contribution is 5.54. The molecule has 2 fully saturated rings. The Hall–Kier alpha value is -2.86. The Bertz CT molecular complexity index is 969. The fourth-order valence-electron chi connectivity index (χ4n) is 4.75. The molecule has 176 valence electrons. The van der Waals surface area contributed by atoms with Crippen LogP contribution in [0.1, 0.15) is 48.2 Å². The number of aryl methyl sites for hydroxylation is 1. The third kappa shape index (κ3) is 4.91. The molecule has 0 radical (unpaired) electrons.